The van der Waals surface area contributed by atoms with Crippen molar-refractivity contribution in [1.29, 1.82) is 0 Å². The minimum atomic E-state index is -0.201. The lowest BCUT2D eigenvalue weighted by Gasteiger charge is -2.19. The molecule has 0 bridgehead atoms. The third kappa shape index (κ3) is 6.32. The van der Waals surface area contributed by atoms with E-state index in [2.05, 4.69) is 10.6 Å². The molecule has 0 aliphatic carbocycles. The van der Waals surface area contributed by atoms with E-state index in [4.69, 9.17) is 23.8 Å². The highest BCUT2D eigenvalue weighted by atomic mass is 35.5. The van der Waals surface area contributed by atoms with Crippen molar-refractivity contribution in [1.82, 2.24) is 10.2 Å². The Hall–Kier alpha value is -2.44. The van der Waals surface area contributed by atoms with E-state index in [1.165, 1.54) is 0 Å². The molecule has 0 unspecified atom stereocenters. The molecule has 2 N–H and O–H groups in total. The molecule has 0 spiro atoms. The maximum Gasteiger partial charge on any atom is 0.253 e. The highest BCUT2D eigenvalue weighted by Gasteiger charge is 2.13. The Morgan fingerprint density at radius 3 is 2.46 bits per heavy atom. The molecule has 0 aromatic heterocycles. The molecule has 28 heavy (non-hydrogen) atoms. The summed E-state index contributed by atoms with van der Waals surface area (Å²) in [6.07, 6.45) is 0.800. The highest BCUT2D eigenvalue weighted by Crippen LogP contribution is 2.16. The Balaban J connectivity index is 1.90. The van der Waals surface area contributed by atoms with Crippen LogP contribution in [0.1, 0.15) is 36.2 Å². The molecule has 2 aromatic carbocycles. The first-order valence-electron chi connectivity index (χ1n) is 9.18. The van der Waals surface area contributed by atoms with Crippen LogP contribution in [0.5, 0.6) is 0 Å². The number of nitrogens with one attached hydrogen (secondary N) is 2. The third-order valence-corrected chi connectivity index (χ3v) is 4.82. The molecule has 7 heteroatoms. The molecule has 2 rings (SSSR count). The molecule has 5 nitrogen and oxygen atoms in total. The summed E-state index contributed by atoms with van der Waals surface area (Å²) < 4.78 is 0. The van der Waals surface area contributed by atoms with Gasteiger partial charge in [-0.3, -0.25) is 9.59 Å². The third-order valence-electron chi connectivity index (χ3n) is 4.25. The first-order chi connectivity index (χ1) is 13.4. The number of rotatable bonds is 7. The second kappa shape index (κ2) is 10.8. The largest absolute Gasteiger partial charge is 0.339 e. The fourth-order valence-corrected chi connectivity index (χ4v) is 3.19. The summed E-state index contributed by atoms with van der Waals surface area (Å²) >= 11 is 11.3. The van der Waals surface area contributed by atoms with Crippen LogP contribution in [0.2, 0.25) is 5.02 Å². The number of anilines is 1. The van der Waals surface area contributed by atoms with Gasteiger partial charge in [0.25, 0.3) is 5.91 Å². The predicted molar refractivity (Wildman–Crippen MR) is 118 cm³/mol. The molecule has 0 atom stereocenters. The summed E-state index contributed by atoms with van der Waals surface area (Å²) in [4.78, 5) is 26.3. The number of carbonyl (C=O) groups excluding carboxylic acids is 2. The van der Waals surface area contributed by atoms with Crippen LogP contribution in [-0.2, 0) is 11.2 Å². The van der Waals surface area contributed by atoms with Gasteiger partial charge in [-0.1, -0.05) is 35.9 Å². The quantitative estimate of drug-likeness (QED) is 0.660. The molecule has 0 radical (unpaired) electrons. The summed E-state index contributed by atoms with van der Waals surface area (Å²) in [5, 5.41) is 6.45. The number of aryl methyl sites for hydroxylation is 1. The number of carbonyl (C=O) groups is 2. The van der Waals surface area contributed by atoms with Crippen LogP contribution < -0.4 is 10.6 Å². The lowest BCUT2D eigenvalue weighted by molar-refractivity contribution is -0.119. The van der Waals surface area contributed by atoms with E-state index in [-0.39, 0.29) is 23.3 Å². The summed E-state index contributed by atoms with van der Waals surface area (Å²) in [6.45, 7) is 5.17. The summed E-state index contributed by atoms with van der Waals surface area (Å²) in [5.74, 6) is -0.240. The summed E-state index contributed by atoms with van der Waals surface area (Å²) in [7, 11) is 0. The van der Waals surface area contributed by atoms with Gasteiger partial charge >= 0.3 is 0 Å². The lowest BCUT2D eigenvalue weighted by atomic mass is 10.1. The van der Waals surface area contributed by atoms with Gasteiger partial charge in [-0.15, -0.1) is 0 Å². The van der Waals surface area contributed by atoms with Gasteiger partial charge in [-0.05, 0) is 62.3 Å². The molecule has 2 aromatic rings. The lowest BCUT2D eigenvalue weighted by Crippen LogP contribution is -2.34. The van der Waals surface area contributed by atoms with Gasteiger partial charge in [0.05, 0.1) is 0 Å². The zero-order valence-electron chi connectivity index (χ0n) is 16.0. The summed E-state index contributed by atoms with van der Waals surface area (Å²) in [6, 6.07) is 14.5. The topological polar surface area (TPSA) is 61.4 Å². The number of halogens is 1. The van der Waals surface area contributed by atoms with Gasteiger partial charge in [0.15, 0.2) is 5.11 Å². The average Bonchev–Trinajstić information content (AvgIpc) is 2.68. The van der Waals surface area contributed by atoms with E-state index in [1.807, 2.05) is 32.0 Å². The van der Waals surface area contributed by atoms with Crippen LogP contribution in [0.4, 0.5) is 5.69 Å². The fourth-order valence-electron chi connectivity index (χ4n) is 2.72. The van der Waals surface area contributed by atoms with Crippen molar-refractivity contribution in [2.24, 2.45) is 0 Å². The fraction of sp³-hybridized carbons (Fsp3) is 0.286. The highest BCUT2D eigenvalue weighted by molar-refractivity contribution is 7.80. The molecule has 148 valence electrons. The van der Waals surface area contributed by atoms with Crippen LogP contribution in [0.15, 0.2) is 48.5 Å². The second-order valence-electron chi connectivity index (χ2n) is 6.15. The summed E-state index contributed by atoms with van der Waals surface area (Å²) in [5.41, 5.74) is 2.14. The number of hydrogen-bond donors (Lipinski definition) is 2. The standard InChI is InChI=1S/C21H24ClN3O2S/c1-3-25(4-2)20(27)16-9-7-10-17(14-16)23-21(28)24-19(26)13-12-15-8-5-6-11-18(15)22/h5-11,14H,3-4,12-13H2,1-2H3,(H2,23,24,26,28). The maximum atomic E-state index is 12.5. The Morgan fingerprint density at radius 1 is 1.07 bits per heavy atom. The van der Waals surface area contributed by atoms with E-state index in [0.717, 1.165) is 5.56 Å². The van der Waals surface area contributed by atoms with Crippen molar-refractivity contribution in [2.75, 3.05) is 18.4 Å². The number of hydrogen-bond acceptors (Lipinski definition) is 3. The molecule has 0 heterocycles. The van der Waals surface area contributed by atoms with Crippen molar-refractivity contribution in [3.8, 4) is 0 Å². The van der Waals surface area contributed by atoms with E-state index < -0.39 is 0 Å². The van der Waals surface area contributed by atoms with Crippen LogP contribution in [0.3, 0.4) is 0 Å². The van der Waals surface area contributed by atoms with Crippen molar-refractivity contribution in [3.05, 3.63) is 64.7 Å². The van der Waals surface area contributed by atoms with E-state index in [0.29, 0.717) is 35.8 Å². The van der Waals surface area contributed by atoms with Crippen LogP contribution in [0, 0.1) is 0 Å². The van der Waals surface area contributed by atoms with Gasteiger partial charge in [0, 0.05) is 35.8 Å². The minimum Gasteiger partial charge on any atom is -0.339 e. The van der Waals surface area contributed by atoms with E-state index in [9.17, 15) is 9.59 Å². The van der Waals surface area contributed by atoms with Crippen molar-refractivity contribution in [3.63, 3.8) is 0 Å². The van der Waals surface area contributed by atoms with Crippen LogP contribution in [-0.4, -0.2) is 34.9 Å². The van der Waals surface area contributed by atoms with E-state index >= 15 is 0 Å². The molecule has 0 aliphatic rings. The van der Waals surface area contributed by atoms with Crippen LogP contribution >= 0.6 is 23.8 Å². The minimum absolute atomic E-state index is 0.0386. The zero-order valence-corrected chi connectivity index (χ0v) is 17.6. The maximum absolute atomic E-state index is 12.5. The predicted octanol–water partition coefficient (Wildman–Crippen LogP) is 4.27. The Labute approximate surface area is 176 Å². The molecule has 0 fully saturated rings. The number of amides is 2. The van der Waals surface area contributed by atoms with Gasteiger partial charge in [0.2, 0.25) is 5.91 Å². The first-order valence-corrected chi connectivity index (χ1v) is 9.96. The monoisotopic (exact) mass is 417 g/mol. The van der Waals surface area contributed by atoms with Crippen LogP contribution in [0.25, 0.3) is 0 Å². The van der Waals surface area contributed by atoms with Gasteiger partial charge < -0.3 is 15.5 Å². The molecular weight excluding hydrogens is 394 g/mol. The van der Waals surface area contributed by atoms with E-state index in [1.54, 1.807) is 35.2 Å². The SMILES string of the molecule is CCN(CC)C(=O)c1cccc(NC(=S)NC(=O)CCc2ccccc2Cl)c1. The van der Waals surface area contributed by atoms with Crippen molar-refractivity contribution < 1.29 is 9.59 Å². The van der Waals surface area contributed by atoms with Crippen molar-refractivity contribution >= 4 is 46.4 Å². The molecule has 2 amide bonds. The number of nitrogens with zero attached hydrogens (tertiary/aromatic N) is 1. The number of thiocarbonyl (C=S) groups is 1. The Kier molecular flexibility index (Phi) is 8.42. The van der Waals surface area contributed by atoms with Gasteiger partial charge in [-0.25, -0.2) is 0 Å². The smallest absolute Gasteiger partial charge is 0.253 e. The first kappa shape index (κ1) is 21.9. The average molecular weight is 418 g/mol. The number of benzene rings is 2. The second-order valence-corrected chi connectivity index (χ2v) is 6.97. The van der Waals surface area contributed by atoms with Crippen molar-refractivity contribution in [2.45, 2.75) is 26.7 Å². The Bertz CT molecular complexity index is 853. The normalized spacial score (nSPS) is 10.2. The Morgan fingerprint density at radius 2 is 1.79 bits per heavy atom. The molecule has 0 saturated heterocycles. The molecule has 0 aliphatic heterocycles. The van der Waals surface area contributed by atoms with Gasteiger partial charge in [-0.2, -0.15) is 0 Å². The molecule has 0 saturated carbocycles. The van der Waals surface area contributed by atoms with Gasteiger partial charge in [0.1, 0.15) is 0 Å². The zero-order chi connectivity index (χ0) is 20.5. The molecular formula is C21H24ClN3O2S.